The molecule has 164 valence electrons. The Kier molecular flexibility index (Phi) is 6.59. The Bertz CT molecular complexity index is 1320. The van der Waals surface area contributed by atoms with Crippen LogP contribution in [0.4, 0.5) is 5.69 Å². The van der Waals surface area contributed by atoms with Gasteiger partial charge < -0.3 is 5.32 Å². The molecular formula is C23H22N4O3S2. The molecule has 1 aromatic heterocycles. The monoisotopic (exact) mass is 466 g/mol. The zero-order valence-corrected chi connectivity index (χ0v) is 19.0. The summed E-state index contributed by atoms with van der Waals surface area (Å²) in [5.74, 6) is -0.440. The number of sulfonamides is 1. The number of hydrogen-bond donors (Lipinski definition) is 2. The third kappa shape index (κ3) is 5.01. The van der Waals surface area contributed by atoms with Gasteiger partial charge in [-0.05, 0) is 48.2 Å². The van der Waals surface area contributed by atoms with E-state index in [0.717, 1.165) is 29.3 Å². The number of nitrogens with one attached hydrogen (secondary N) is 2. The molecule has 3 aromatic carbocycles. The van der Waals surface area contributed by atoms with Gasteiger partial charge in [0.15, 0.2) is 0 Å². The van der Waals surface area contributed by atoms with Crippen LogP contribution in [-0.4, -0.2) is 29.1 Å². The van der Waals surface area contributed by atoms with Crippen LogP contribution in [0.2, 0.25) is 0 Å². The molecule has 0 aliphatic rings. The molecule has 1 unspecified atom stereocenters. The number of hydrogen-bond acceptors (Lipinski definition) is 6. The SMILES string of the molecule is CCc1ccc(NC(=O)C(Cc2ccccc2)NS(=O)(=O)c2cccc3nsnc23)cc1. The van der Waals surface area contributed by atoms with E-state index < -0.39 is 22.0 Å². The molecule has 4 rings (SSSR count). The van der Waals surface area contributed by atoms with E-state index in [9.17, 15) is 13.2 Å². The maximum Gasteiger partial charge on any atom is 0.243 e. The topological polar surface area (TPSA) is 101 Å². The normalized spacial score (nSPS) is 12.5. The van der Waals surface area contributed by atoms with Crippen LogP contribution in [0.1, 0.15) is 18.1 Å². The van der Waals surface area contributed by atoms with Crippen molar-refractivity contribution in [2.24, 2.45) is 0 Å². The highest BCUT2D eigenvalue weighted by Crippen LogP contribution is 2.22. The number of carbonyl (C=O) groups excluding carboxylic acids is 1. The molecule has 0 bridgehead atoms. The third-order valence-electron chi connectivity index (χ3n) is 5.06. The fraction of sp³-hybridized carbons (Fsp3) is 0.174. The lowest BCUT2D eigenvalue weighted by Gasteiger charge is -2.19. The van der Waals surface area contributed by atoms with Crippen LogP contribution in [0.15, 0.2) is 77.7 Å². The largest absolute Gasteiger partial charge is 0.325 e. The van der Waals surface area contributed by atoms with Crippen molar-refractivity contribution in [3.8, 4) is 0 Å². The minimum atomic E-state index is -4.03. The molecule has 1 atom stereocenters. The molecule has 0 aliphatic heterocycles. The van der Waals surface area contributed by atoms with E-state index in [1.54, 1.807) is 12.1 Å². The van der Waals surface area contributed by atoms with Gasteiger partial charge in [-0.15, -0.1) is 0 Å². The highest BCUT2D eigenvalue weighted by molar-refractivity contribution is 7.89. The summed E-state index contributed by atoms with van der Waals surface area (Å²) in [6.45, 7) is 2.05. The van der Waals surface area contributed by atoms with Gasteiger partial charge >= 0.3 is 0 Å². The summed E-state index contributed by atoms with van der Waals surface area (Å²) in [7, 11) is -4.03. The van der Waals surface area contributed by atoms with Crippen LogP contribution >= 0.6 is 11.7 Å². The van der Waals surface area contributed by atoms with E-state index in [1.807, 2.05) is 54.6 Å². The number of aryl methyl sites for hydroxylation is 1. The lowest BCUT2D eigenvalue weighted by atomic mass is 10.1. The van der Waals surface area contributed by atoms with Crippen molar-refractivity contribution in [3.05, 3.63) is 83.9 Å². The van der Waals surface area contributed by atoms with Crippen molar-refractivity contribution in [1.29, 1.82) is 0 Å². The maximum atomic E-state index is 13.2. The Morgan fingerprint density at radius 1 is 0.938 bits per heavy atom. The number of aromatic nitrogens is 2. The molecule has 1 amide bonds. The number of nitrogens with zero attached hydrogens (tertiary/aromatic N) is 2. The number of anilines is 1. The van der Waals surface area contributed by atoms with Crippen LogP contribution in [0.25, 0.3) is 11.0 Å². The molecular weight excluding hydrogens is 444 g/mol. The molecule has 7 nitrogen and oxygen atoms in total. The van der Waals surface area contributed by atoms with Crippen molar-refractivity contribution < 1.29 is 13.2 Å². The molecule has 32 heavy (non-hydrogen) atoms. The predicted molar refractivity (Wildman–Crippen MR) is 126 cm³/mol. The minimum absolute atomic E-state index is 0.00177. The average molecular weight is 467 g/mol. The van der Waals surface area contributed by atoms with Gasteiger partial charge in [-0.2, -0.15) is 13.5 Å². The maximum absolute atomic E-state index is 13.2. The standard InChI is InChI=1S/C23H22N4O3S2/c1-2-16-11-13-18(14-12-16)24-23(28)20(15-17-7-4-3-5-8-17)27-32(29,30)21-10-6-9-19-22(21)26-31-25-19/h3-14,20,27H,2,15H2,1H3,(H,24,28). The van der Waals surface area contributed by atoms with Gasteiger partial charge in [0.2, 0.25) is 15.9 Å². The van der Waals surface area contributed by atoms with Crippen LogP contribution in [0, 0.1) is 0 Å². The number of rotatable bonds is 8. The second kappa shape index (κ2) is 9.56. The first-order valence-corrected chi connectivity index (χ1v) is 12.3. The van der Waals surface area contributed by atoms with Gasteiger partial charge in [-0.25, -0.2) is 8.42 Å². The van der Waals surface area contributed by atoms with Crippen molar-refractivity contribution >= 4 is 44.4 Å². The fourth-order valence-corrected chi connectivity index (χ4v) is 5.30. The van der Waals surface area contributed by atoms with Crippen LogP contribution < -0.4 is 10.0 Å². The molecule has 1 heterocycles. The van der Waals surface area contributed by atoms with Crippen LogP contribution in [-0.2, 0) is 27.7 Å². The van der Waals surface area contributed by atoms with Gasteiger partial charge in [0.25, 0.3) is 0 Å². The molecule has 0 fully saturated rings. The van der Waals surface area contributed by atoms with E-state index in [0.29, 0.717) is 16.7 Å². The Balaban J connectivity index is 1.62. The summed E-state index contributed by atoms with van der Waals surface area (Å²) in [6.07, 6.45) is 1.09. The highest BCUT2D eigenvalue weighted by Gasteiger charge is 2.28. The van der Waals surface area contributed by atoms with E-state index >= 15 is 0 Å². The van der Waals surface area contributed by atoms with Crippen molar-refractivity contribution in [2.45, 2.75) is 30.7 Å². The molecule has 0 spiro atoms. The number of benzene rings is 3. The summed E-state index contributed by atoms with van der Waals surface area (Å²) in [4.78, 5) is 13.1. The lowest BCUT2D eigenvalue weighted by molar-refractivity contribution is -0.117. The zero-order chi connectivity index (χ0) is 22.6. The molecule has 0 saturated carbocycles. The highest BCUT2D eigenvalue weighted by atomic mass is 32.2. The van der Waals surface area contributed by atoms with Crippen LogP contribution in [0.5, 0.6) is 0 Å². The van der Waals surface area contributed by atoms with E-state index in [4.69, 9.17) is 0 Å². The first-order valence-electron chi connectivity index (χ1n) is 10.1. The quantitative estimate of drug-likeness (QED) is 0.412. The minimum Gasteiger partial charge on any atom is -0.325 e. The number of carbonyl (C=O) groups is 1. The Hall–Kier alpha value is -3.14. The van der Waals surface area contributed by atoms with Crippen LogP contribution in [0.3, 0.4) is 0 Å². The second-order valence-corrected chi connectivity index (χ2v) is 9.50. The summed E-state index contributed by atoms with van der Waals surface area (Å²) in [5.41, 5.74) is 3.38. The first-order chi connectivity index (χ1) is 15.5. The van der Waals surface area contributed by atoms with Crippen molar-refractivity contribution in [2.75, 3.05) is 5.32 Å². The first kappa shape index (κ1) is 22.1. The second-order valence-electron chi connectivity index (χ2n) is 7.29. The van der Waals surface area contributed by atoms with Gasteiger partial charge in [-0.1, -0.05) is 55.5 Å². The third-order valence-corrected chi connectivity index (χ3v) is 7.11. The molecule has 4 aromatic rings. The summed E-state index contributed by atoms with van der Waals surface area (Å²) in [6, 6.07) is 20.5. The Morgan fingerprint density at radius 3 is 2.41 bits per heavy atom. The number of fused-ring (bicyclic) bond motifs is 1. The molecule has 0 aliphatic carbocycles. The summed E-state index contributed by atoms with van der Waals surface area (Å²) in [5, 5.41) is 2.83. The molecule has 0 radical (unpaired) electrons. The number of amides is 1. The van der Waals surface area contributed by atoms with Crippen molar-refractivity contribution in [1.82, 2.24) is 13.5 Å². The molecule has 2 N–H and O–H groups in total. The van der Waals surface area contributed by atoms with Gasteiger partial charge in [-0.3, -0.25) is 4.79 Å². The summed E-state index contributed by atoms with van der Waals surface area (Å²) < 4.78 is 37.3. The van der Waals surface area contributed by atoms with Crippen molar-refractivity contribution in [3.63, 3.8) is 0 Å². The Morgan fingerprint density at radius 2 is 1.69 bits per heavy atom. The fourth-order valence-electron chi connectivity index (χ4n) is 3.34. The van der Waals surface area contributed by atoms with Gasteiger partial charge in [0.05, 0.1) is 11.7 Å². The Labute approximate surface area is 190 Å². The van der Waals surface area contributed by atoms with E-state index in [2.05, 4.69) is 25.7 Å². The lowest BCUT2D eigenvalue weighted by Crippen LogP contribution is -2.45. The zero-order valence-electron chi connectivity index (χ0n) is 17.4. The molecule has 9 heteroatoms. The average Bonchev–Trinajstić information content (AvgIpc) is 3.28. The van der Waals surface area contributed by atoms with Gasteiger partial charge in [0, 0.05) is 5.69 Å². The van der Waals surface area contributed by atoms with E-state index in [-0.39, 0.29) is 11.3 Å². The van der Waals surface area contributed by atoms with Gasteiger partial charge in [0.1, 0.15) is 22.0 Å². The smallest absolute Gasteiger partial charge is 0.243 e. The predicted octanol–water partition coefficient (Wildman–Crippen LogP) is 3.78. The van der Waals surface area contributed by atoms with E-state index in [1.165, 1.54) is 6.07 Å². The molecule has 0 saturated heterocycles. The summed E-state index contributed by atoms with van der Waals surface area (Å²) >= 11 is 0.944.